The summed E-state index contributed by atoms with van der Waals surface area (Å²) in [6.45, 7) is 5.78. The summed E-state index contributed by atoms with van der Waals surface area (Å²) in [6.07, 6.45) is 13.3. The number of hydrogen-bond acceptors (Lipinski definition) is 1. The zero-order valence-electron chi connectivity index (χ0n) is 10.9. The lowest BCUT2D eigenvalue weighted by Crippen LogP contribution is -2.01. The summed E-state index contributed by atoms with van der Waals surface area (Å²) in [5.74, 6) is 0.806. The van der Waals surface area contributed by atoms with Crippen molar-refractivity contribution >= 4 is 11.2 Å². The fourth-order valence-electron chi connectivity index (χ4n) is 1.82. The van der Waals surface area contributed by atoms with E-state index in [1.54, 1.807) is 5.41 Å². The minimum atomic E-state index is -0.776. The lowest BCUT2D eigenvalue weighted by Gasteiger charge is -2.04. The van der Waals surface area contributed by atoms with Crippen molar-refractivity contribution in [2.45, 2.75) is 71.1 Å². The van der Waals surface area contributed by atoms with Crippen LogP contribution in [-0.2, 0) is 11.2 Å². The quantitative estimate of drug-likeness (QED) is 0.357. The van der Waals surface area contributed by atoms with Crippen molar-refractivity contribution in [2.75, 3.05) is 5.75 Å². The van der Waals surface area contributed by atoms with E-state index in [4.69, 9.17) is 0 Å². The van der Waals surface area contributed by atoms with E-state index < -0.39 is 11.2 Å². The summed E-state index contributed by atoms with van der Waals surface area (Å²) < 4.78 is 11.0. The number of unbranched alkanes of at least 4 members (excludes halogenated alkanes) is 9. The highest BCUT2D eigenvalue weighted by atomic mass is 32.2. The molecular weight excluding hydrogens is 216 g/mol. The molecule has 0 aliphatic carbocycles. The second kappa shape index (κ2) is 13.1. The molecule has 0 bridgehead atoms. The standard InChI is InChI=1S/C14H28OS/c1-3-5-6-7-8-9-10-11-12-13-14-16(15)4-2/h4H,2-3,5-14H2,1H3. The molecule has 16 heavy (non-hydrogen) atoms. The van der Waals surface area contributed by atoms with Gasteiger partial charge in [0.2, 0.25) is 0 Å². The molecule has 0 aliphatic rings. The third kappa shape index (κ3) is 12.1. The Morgan fingerprint density at radius 3 is 1.75 bits per heavy atom. The fraction of sp³-hybridized carbons (Fsp3) is 0.857. The molecule has 0 aromatic rings. The van der Waals surface area contributed by atoms with Gasteiger partial charge in [-0.25, -0.2) is 0 Å². The highest BCUT2D eigenvalue weighted by Crippen LogP contribution is 2.11. The molecule has 0 heterocycles. The summed E-state index contributed by atoms with van der Waals surface area (Å²) in [6, 6.07) is 0. The Hall–Kier alpha value is 0.0500. The molecule has 0 aromatic heterocycles. The van der Waals surface area contributed by atoms with Crippen LogP contribution in [0.2, 0.25) is 0 Å². The van der Waals surface area contributed by atoms with Gasteiger partial charge in [-0.15, -0.1) is 0 Å². The van der Waals surface area contributed by atoms with Crippen LogP contribution in [0.15, 0.2) is 12.0 Å². The highest BCUT2D eigenvalue weighted by molar-refractivity contribution is 7.94. The van der Waals surface area contributed by atoms with Crippen LogP contribution >= 0.6 is 0 Å². The highest BCUT2D eigenvalue weighted by Gasteiger charge is 1.99. The molecule has 0 fully saturated rings. The van der Waals surface area contributed by atoms with Crippen molar-refractivity contribution in [3.05, 3.63) is 12.0 Å². The third-order valence-electron chi connectivity index (χ3n) is 2.88. The van der Waals surface area contributed by atoms with Crippen LogP contribution in [0, 0.1) is 0 Å². The van der Waals surface area contributed by atoms with Crippen LogP contribution in [0.1, 0.15) is 71.1 Å². The minimum Gasteiger partial charge on any atom is -0.612 e. The van der Waals surface area contributed by atoms with Gasteiger partial charge in [0.15, 0.2) is 0 Å². The van der Waals surface area contributed by atoms with Gasteiger partial charge in [0.05, 0.1) is 0 Å². The van der Waals surface area contributed by atoms with Gasteiger partial charge in [0.25, 0.3) is 0 Å². The molecule has 0 N–H and O–H groups in total. The molecule has 0 radical (unpaired) electrons. The van der Waals surface area contributed by atoms with E-state index in [1.807, 2.05) is 0 Å². The normalized spacial score (nSPS) is 12.6. The van der Waals surface area contributed by atoms with E-state index in [0.717, 1.165) is 12.2 Å². The Morgan fingerprint density at radius 2 is 1.31 bits per heavy atom. The zero-order valence-corrected chi connectivity index (χ0v) is 11.7. The first-order chi connectivity index (χ1) is 7.81. The summed E-state index contributed by atoms with van der Waals surface area (Å²) in [5, 5.41) is 1.55. The molecule has 0 rings (SSSR count). The zero-order chi connectivity index (χ0) is 12.1. The first kappa shape index (κ1) is 16.1. The molecule has 0 saturated heterocycles. The summed E-state index contributed by atoms with van der Waals surface area (Å²) >= 11 is -0.776. The van der Waals surface area contributed by atoms with Gasteiger partial charge in [-0.3, -0.25) is 0 Å². The minimum absolute atomic E-state index is 0.776. The molecule has 0 saturated carbocycles. The van der Waals surface area contributed by atoms with Gasteiger partial charge < -0.3 is 4.55 Å². The van der Waals surface area contributed by atoms with Crippen molar-refractivity contribution in [1.29, 1.82) is 0 Å². The Kier molecular flexibility index (Phi) is 13.2. The van der Waals surface area contributed by atoms with E-state index in [1.165, 1.54) is 57.8 Å². The Bertz CT molecular complexity index is 148. The molecule has 0 aromatic carbocycles. The lowest BCUT2D eigenvalue weighted by molar-refractivity contribution is 0.559. The van der Waals surface area contributed by atoms with Crippen molar-refractivity contribution in [1.82, 2.24) is 0 Å². The Morgan fingerprint density at radius 1 is 0.875 bits per heavy atom. The number of rotatable bonds is 12. The van der Waals surface area contributed by atoms with Gasteiger partial charge in [-0.1, -0.05) is 64.9 Å². The third-order valence-corrected chi connectivity index (χ3v) is 3.95. The summed E-state index contributed by atoms with van der Waals surface area (Å²) in [4.78, 5) is 0. The smallest absolute Gasteiger partial charge is 0.110 e. The molecule has 1 nitrogen and oxygen atoms in total. The van der Waals surface area contributed by atoms with Crippen molar-refractivity contribution in [3.63, 3.8) is 0 Å². The number of hydrogen-bond donors (Lipinski definition) is 0. The van der Waals surface area contributed by atoms with E-state index in [9.17, 15) is 4.55 Å². The van der Waals surface area contributed by atoms with Crippen LogP contribution < -0.4 is 0 Å². The summed E-state index contributed by atoms with van der Waals surface area (Å²) in [7, 11) is 0. The average molecular weight is 244 g/mol. The predicted octanol–water partition coefficient (Wildman–Crippen LogP) is 4.80. The second-order valence-electron chi connectivity index (χ2n) is 4.43. The van der Waals surface area contributed by atoms with Gasteiger partial charge in [-0.2, -0.15) is 0 Å². The van der Waals surface area contributed by atoms with Crippen LogP contribution in [0.4, 0.5) is 0 Å². The summed E-state index contributed by atoms with van der Waals surface area (Å²) in [5.41, 5.74) is 0. The van der Waals surface area contributed by atoms with Crippen molar-refractivity contribution in [3.8, 4) is 0 Å². The molecule has 96 valence electrons. The molecular formula is C14H28OS. The van der Waals surface area contributed by atoms with E-state index in [-0.39, 0.29) is 0 Å². The van der Waals surface area contributed by atoms with Crippen LogP contribution in [0.3, 0.4) is 0 Å². The van der Waals surface area contributed by atoms with Crippen LogP contribution in [0.5, 0.6) is 0 Å². The predicted molar refractivity (Wildman–Crippen MR) is 75.1 cm³/mol. The van der Waals surface area contributed by atoms with Crippen LogP contribution in [0.25, 0.3) is 0 Å². The molecule has 1 atom stereocenters. The van der Waals surface area contributed by atoms with E-state index >= 15 is 0 Å². The topological polar surface area (TPSA) is 23.1 Å². The van der Waals surface area contributed by atoms with E-state index in [2.05, 4.69) is 13.5 Å². The van der Waals surface area contributed by atoms with Crippen molar-refractivity contribution in [2.24, 2.45) is 0 Å². The molecule has 0 spiro atoms. The van der Waals surface area contributed by atoms with E-state index in [0.29, 0.717) is 0 Å². The largest absolute Gasteiger partial charge is 0.612 e. The molecule has 2 heteroatoms. The lowest BCUT2D eigenvalue weighted by atomic mass is 10.1. The molecule has 0 amide bonds. The molecule has 0 aliphatic heterocycles. The Balaban J connectivity index is 2.96. The molecule has 1 unspecified atom stereocenters. The first-order valence-electron chi connectivity index (χ1n) is 6.81. The van der Waals surface area contributed by atoms with Crippen LogP contribution in [-0.4, -0.2) is 10.3 Å². The van der Waals surface area contributed by atoms with Gasteiger partial charge in [-0.05, 0) is 24.0 Å². The maximum atomic E-state index is 11.0. The fourth-order valence-corrected chi connectivity index (χ4v) is 2.47. The van der Waals surface area contributed by atoms with Gasteiger partial charge in [0.1, 0.15) is 11.2 Å². The monoisotopic (exact) mass is 244 g/mol. The van der Waals surface area contributed by atoms with Crippen molar-refractivity contribution < 1.29 is 4.55 Å². The SMILES string of the molecule is C=C[S+]([O-])CCCCCCCCCCCC. The maximum Gasteiger partial charge on any atom is 0.110 e. The second-order valence-corrected chi connectivity index (χ2v) is 5.94. The average Bonchev–Trinajstić information content (AvgIpc) is 2.31. The van der Waals surface area contributed by atoms with Gasteiger partial charge in [0, 0.05) is 0 Å². The first-order valence-corrected chi connectivity index (χ1v) is 8.19. The maximum absolute atomic E-state index is 11.0. The Labute approximate surface area is 105 Å². The van der Waals surface area contributed by atoms with Gasteiger partial charge >= 0.3 is 0 Å².